The van der Waals surface area contributed by atoms with E-state index in [1.54, 1.807) is 6.07 Å². The maximum Gasteiger partial charge on any atom is 0.138 e. The molecule has 0 aliphatic heterocycles. The van der Waals surface area contributed by atoms with Gasteiger partial charge in [-0.15, -0.1) is 0 Å². The van der Waals surface area contributed by atoms with Gasteiger partial charge in [-0.1, -0.05) is 0 Å². The molecule has 1 saturated carbocycles. The topological polar surface area (TPSA) is 25.2 Å². The summed E-state index contributed by atoms with van der Waals surface area (Å²) in [6.07, 6.45) is 2.51. The Hall–Kier alpha value is -1.13. The Morgan fingerprint density at radius 3 is 2.83 bits per heavy atom. The van der Waals surface area contributed by atoms with Crippen LogP contribution < -0.4 is 5.32 Å². The van der Waals surface area contributed by atoms with Crippen molar-refractivity contribution in [2.75, 3.05) is 0 Å². The number of halogens is 2. The van der Waals surface area contributed by atoms with E-state index in [4.69, 9.17) is 4.42 Å². The minimum atomic E-state index is -0.276. The van der Waals surface area contributed by atoms with Crippen LogP contribution in [-0.2, 0) is 6.54 Å². The van der Waals surface area contributed by atoms with Gasteiger partial charge in [0.25, 0.3) is 0 Å². The van der Waals surface area contributed by atoms with Gasteiger partial charge < -0.3 is 9.73 Å². The SMILES string of the molecule is Fc1cc(-c2ccc(CNC3CC3)o2)ccc1Br. The quantitative estimate of drug-likeness (QED) is 0.920. The van der Waals surface area contributed by atoms with Crippen LogP contribution in [0, 0.1) is 5.82 Å². The Bertz CT molecular complexity index is 563. The standard InChI is InChI=1S/C14H13BrFNO/c15-12-5-1-9(7-13(12)16)14-6-4-11(18-14)8-17-10-2-3-10/h1,4-7,10,17H,2-3,8H2. The highest BCUT2D eigenvalue weighted by Gasteiger charge is 2.20. The van der Waals surface area contributed by atoms with Crippen LogP contribution in [0.1, 0.15) is 18.6 Å². The number of benzene rings is 1. The van der Waals surface area contributed by atoms with E-state index in [1.165, 1.54) is 18.9 Å². The van der Waals surface area contributed by atoms with Crippen molar-refractivity contribution in [3.8, 4) is 11.3 Å². The number of furan rings is 1. The molecule has 2 nitrogen and oxygen atoms in total. The van der Waals surface area contributed by atoms with Crippen molar-refractivity contribution >= 4 is 15.9 Å². The van der Waals surface area contributed by atoms with Crippen LogP contribution in [0.3, 0.4) is 0 Å². The number of rotatable bonds is 4. The summed E-state index contributed by atoms with van der Waals surface area (Å²) in [5, 5.41) is 3.38. The monoisotopic (exact) mass is 309 g/mol. The summed E-state index contributed by atoms with van der Waals surface area (Å²) >= 11 is 3.14. The lowest BCUT2D eigenvalue weighted by molar-refractivity contribution is 0.492. The van der Waals surface area contributed by atoms with E-state index in [1.807, 2.05) is 18.2 Å². The summed E-state index contributed by atoms with van der Waals surface area (Å²) in [6, 6.07) is 9.47. The first-order valence-electron chi connectivity index (χ1n) is 6.00. The summed E-state index contributed by atoms with van der Waals surface area (Å²) < 4.78 is 19.6. The molecular weight excluding hydrogens is 297 g/mol. The Balaban J connectivity index is 1.76. The number of nitrogens with one attached hydrogen (secondary N) is 1. The van der Waals surface area contributed by atoms with Gasteiger partial charge >= 0.3 is 0 Å². The first-order chi connectivity index (χ1) is 8.72. The molecule has 0 saturated heterocycles. The van der Waals surface area contributed by atoms with Gasteiger partial charge in [0.15, 0.2) is 0 Å². The summed E-state index contributed by atoms with van der Waals surface area (Å²) in [4.78, 5) is 0. The fourth-order valence-electron chi connectivity index (χ4n) is 1.81. The molecule has 0 radical (unpaired) electrons. The zero-order valence-electron chi connectivity index (χ0n) is 9.75. The lowest BCUT2D eigenvalue weighted by Gasteiger charge is -2.00. The summed E-state index contributed by atoms with van der Waals surface area (Å²) in [6.45, 7) is 0.740. The van der Waals surface area contributed by atoms with Crippen molar-refractivity contribution in [3.63, 3.8) is 0 Å². The van der Waals surface area contributed by atoms with E-state index < -0.39 is 0 Å². The molecule has 4 heteroatoms. The molecule has 1 fully saturated rings. The Kier molecular flexibility index (Phi) is 3.22. The Labute approximate surface area is 113 Å². The average molecular weight is 310 g/mol. The maximum absolute atomic E-state index is 13.4. The Morgan fingerprint density at radius 2 is 2.11 bits per heavy atom. The molecule has 1 aromatic heterocycles. The van der Waals surface area contributed by atoms with Crippen molar-refractivity contribution in [1.29, 1.82) is 0 Å². The highest BCUT2D eigenvalue weighted by atomic mass is 79.9. The van der Waals surface area contributed by atoms with Crippen molar-refractivity contribution in [1.82, 2.24) is 5.32 Å². The van der Waals surface area contributed by atoms with Crippen LogP contribution >= 0.6 is 15.9 Å². The normalized spacial score (nSPS) is 15.0. The van der Waals surface area contributed by atoms with E-state index in [2.05, 4.69) is 21.2 Å². The minimum Gasteiger partial charge on any atom is -0.460 e. The highest BCUT2D eigenvalue weighted by molar-refractivity contribution is 9.10. The average Bonchev–Trinajstić information content (AvgIpc) is 3.08. The zero-order valence-corrected chi connectivity index (χ0v) is 11.3. The Morgan fingerprint density at radius 1 is 1.28 bits per heavy atom. The zero-order chi connectivity index (χ0) is 12.5. The second-order valence-electron chi connectivity index (χ2n) is 4.55. The van der Waals surface area contributed by atoms with Crippen LogP contribution in [0.25, 0.3) is 11.3 Å². The van der Waals surface area contributed by atoms with Crippen LogP contribution in [-0.4, -0.2) is 6.04 Å². The third-order valence-corrected chi connectivity index (χ3v) is 3.65. The van der Waals surface area contributed by atoms with E-state index >= 15 is 0 Å². The molecule has 0 bridgehead atoms. The molecule has 0 amide bonds. The molecule has 18 heavy (non-hydrogen) atoms. The van der Waals surface area contributed by atoms with E-state index in [0.717, 1.165) is 17.9 Å². The van der Waals surface area contributed by atoms with Crippen LogP contribution in [0.4, 0.5) is 4.39 Å². The lowest BCUT2D eigenvalue weighted by atomic mass is 10.2. The molecule has 1 aromatic carbocycles. The molecule has 1 aliphatic carbocycles. The van der Waals surface area contributed by atoms with Gasteiger partial charge in [-0.3, -0.25) is 0 Å². The van der Waals surface area contributed by atoms with Crippen LogP contribution in [0.5, 0.6) is 0 Å². The van der Waals surface area contributed by atoms with Gasteiger partial charge in [0, 0.05) is 11.6 Å². The predicted molar refractivity (Wildman–Crippen MR) is 71.7 cm³/mol. The third-order valence-electron chi connectivity index (χ3n) is 3.01. The maximum atomic E-state index is 13.4. The van der Waals surface area contributed by atoms with Crippen molar-refractivity contribution in [2.45, 2.75) is 25.4 Å². The molecule has 2 aromatic rings. The van der Waals surface area contributed by atoms with E-state index in [0.29, 0.717) is 16.3 Å². The van der Waals surface area contributed by atoms with Crippen LogP contribution in [0.15, 0.2) is 39.2 Å². The predicted octanol–water partition coefficient (Wildman–Crippen LogP) is 4.10. The van der Waals surface area contributed by atoms with E-state index in [9.17, 15) is 4.39 Å². The largest absolute Gasteiger partial charge is 0.460 e. The molecule has 1 heterocycles. The third kappa shape index (κ3) is 2.65. The fourth-order valence-corrected chi connectivity index (χ4v) is 2.06. The van der Waals surface area contributed by atoms with E-state index in [-0.39, 0.29) is 5.82 Å². The molecule has 0 unspecified atom stereocenters. The number of hydrogen-bond acceptors (Lipinski definition) is 2. The van der Waals surface area contributed by atoms with Gasteiger partial charge in [-0.25, -0.2) is 4.39 Å². The van der Waals surface area contributed by atoms with Gasteiger partial charge in [-0.05, 0) is 59.1 Å². The molecule has 0 spiro atoms. The summed E-state index contributed by atoms with van der Waals surface area (Å²) in [7, 11) is 0. The first kappa shape index (κ1) is 11.9. The molecule has 3 rings (SSSR count). The molecule has 1 N–H and O–H groups in total. The first-order valence-corrected chi connectivity index (χ1v) is 6.79. The van der Waals surface area contributed by atoms with Gasteiger partial charge in [0.1, 0.15) is 17.3 Å². The lowest BCUT2D eigenvalue weighted by Crippen LogP contribution is -2.14. The molecular formula is C14H13BrFNO. The minimum absolute atomic E-state index is 0.276. The van der Waals surface area contributed by atoms with Gasteiger partial charge in [0.2, 0.25) is 0 Å². The molecule has 0 atom stereocenters. The number of hydrogen-bond donors (Lipinski definition) is 1. The van der Waals surface area contributed by atoms with Crippen molar-refractivity contribution < 1.29 is 8.81 Å². The molecule has 94 valence electrons. The smallest absolute Gasteiger partial charge is 0.138 e. The molecule has 1 aliphatic rings. The van der Waals surface area contributed by atoms with Crippen molar-refractivity contribution in [2.24, 2.45) is 0 Å². The van der Waals surface area contributed by atoms with Crippen LogP contribution in [0.2, 0.25) is 0 Å². The second-order valence-corrected chi connectivity index (χ2v) is 5.40. The highest BCUT2D eigenvalue weighted by Crippen LogP contribution is 2.26. The second kappa shape index (κ2) is 4.86. The fraction of sp³-hybridized carbons (Fsp3) is 0.286. The summed E-state index contributed by atoms with van der Waals surface area (Å²) in [5.41, 5.74) is 0.758. The van der Waals surface area contributed by atoms with Crippen molar-refractivity contribution in [3.05, 3.63) is 46.4 Å². The van der Waals surface area contributed by atoms with Gasteiger partial charge in [-0.2, -0.15) is 0 Å². The van der Waals surface area contributed by atoms with Gasteiger partial charge in [0.05, 0.1) is 11.0 Å². The summed E-state index contributed by atoms with van der Waals surface area (Å²) in [5.74, 6) is 1.32.